The first kappa shape index (κ1) is 9.77. The second kappa shape index (κ2) is 4.17. The second-order valence-corrected chi connectivity index (χ2v) is 3.79. The van der Waals surface area contributed by atoms with Gasteiger partial charge in [0.25, 0.3) is 0 Å². The van der Waals surface area contributed by atoms with E-state index in [2.05, 4.69) is 5.32 Å². The van der Waals surface area contributed by atoms with Crippen LogP contribution < -0.4 is 11.1 Å². The molecule has 0 saturated carbocycles. The number of hydrogen-bond acceptors (Lipinski definition) is 3. The number of nitrogens with two attached hydrogens (primary N) is 1. The van der Waals surface area contributed by atoms with Crippen molar-refractivity contribution in [2.24, 2.45) is 0 Å². The van der Waals surface area contributed by atoms with Crippen molar-refractivity contribution >= 4 is 17.3 Å². The SMILES string of the molecule is Nc1ccc(Cl)cc1[C@H]1COCCN1. The molecule has 1 heterocycles. The quantitative estimate of drug-likeness (QED) is 0.695. The Labute approximate surface area is 88.2 Å². The zero-order valence-electron chi connectivity index (χ0n) is 7.79. The Balaban J connectivity index is 2.24. The van der Waals surface area contributed by atoms with Gasteiger partial charge in [-0.2, -0.15) is 0 Å². The molecule has 1 fully saturated rings. The lowest BCUT2D eigenvalue weighted by Crippen LogP contribution is -2.34. The minimum Gasteiger partial charge on any atom is -0.398 e. The van der Waals surface area contributed by atoms with Gasteiger partial charge in [-0.05, 0) is 23.8 Å². The zero-order chi connectivity index (χ0) is 9.97. The van der Waals surface area contributed by atoms with E-state index in [9.17, 15) is 0 Å². The highest BCUT2D eigenvalue weighted by molar-refractivity contribution is 6.30. The minimum absolute atomic E-state index is 0.169. The highest BCUT2D eigenvalue weighted by Crippen LogP contribution is 2.25. The topological polar surface area (TPSA) is 47.3 Å². The number of anilines is 1. The molecule has 0 spiro atoms. The van der Waals surface area contributed by atoms with Crippen LogP contribution in [-0.2, 0) is 4.74 Å². The van der Waals surface area contributed by atoms with Gasteiger partial charge in [0.1, 0.15) is 0 Å². The summed E-state index contributed by atoms with van der Waals surface area (Å²) in [5.41, 5.74) is 7.65. The van der Waals surface area contributed by atoms with Gasteiger partial charge in [0.15, 0.2) is 0 Å². The molecule has 76 valence electrons. The number of nitrogens with one attached hydrogen (secondary N) is 1. The van der Waals surface area contributed by atoms with Gasteiger partial charge in [-0.25, -0.2) is 0 Å². The highest BCUT2D eigenvalue weighted by Gasteiger charge is 2.17. The molecule has 14 heavy (non-hydrogen) atoms. The van der Waals surface area contributed by atoms with Gasteiger partial charge >= 0.3 is 0 Å². The number of ether oxygens (including phenoxy) is 1. The summed E-state index contributed by atoms with van der Waals surface area (Å²) < 4.78 is 5.37. The normalized spacial score (nSPS) is 22.2. The maximum absolute atomic E-state index is 5.91. The standard InChI is InChI=1S/C10H13ClN2O/c11-7-1-2-9(12)8(5-7)10-6-14-4-3-13-10/h1-2,5,10,13H,3-4,6,12H2/t10-/m1/s1. The van der Waals surface area contributed by atoms with E-state index in [1.54, 1.807) is 6.07 Å². The van der Waals surface area contributed by atoms with Crippen LogP contribution in [0.5, 0.6) is 0 Å². The molecule has 0 amide bonds. The number of hydrogen-bond donors (Lipinski definition) is 2. The summed E-state index contributed by atoms with van der Waals surface area (Å²) in [6.45, 7) is 2.28. The fraction of sp³-hybridized carbons (Fsp3) is 0.400. The first-order chi connectivity index (χ1) is 6.77. The molecule has 3 N–H and O–H groups in total. The van der Waals surface area contributed by atoms with Crippen LogP contribution in [0.4, 0.5) is 5.69 Å². The summed E-state index contributed by atoms with van der Waals surface area (Å²) >= 11 is 5.91. The molecule has 1 atom stereocenters. The first-order valence-electron chi connectivity index (χ1n) is 4.63. The van der Waals surface area contributed by atoms with E-state index in [-0.39, 0.29) is 6.04 Å². The molecule has 0 unspecified atom stereocenters. The van der Waals surface area contributed by atoms with Gasteiger partial charge in [-0.3, -0.25) is 0 Å². The molecule has 1 aromatic rings. The van der Waals surface area contributed by atoms with Crippen LogP contribution in [-0.4, -0.2) is 19.8 Å². The van der Waals surface area contributed by atoms with E-state index < -0.39 is 0 Å². The van der Waals surface area contributed by atoms with Crippen molar-refractivity contribution in [3.8, 4) is 0 Å². The lowest BCUT2D eigenvalue weighted by molar-refractivity contribution is 0.0771. The van der Waals surface area contributed by atoms with E-state index in [0.717, 1.165) is 24.4 Å². The van der Waals surface area contributed by atoms with E-state index in [4.69, 9.17) is 22.1 Å². The Kier molecular flexibility index (Phi) is 2.91. The van der Waals surface area contributed by atoms with Gasteiger partial charge in [-0.1, -0.05) is 11.6 Å². The van der Waals surface area contributed by atoms with Crippen LogP contribution in [0.3, 0.4) is 0 Å². The fourth-order valence-electron chi connectivity index (χ4n) is 1.61. The number of benzene rings is 1. The van der Waals surface area contributed by atoms with Gasteiger partial charge in [0.05, 0.1) is 19.3 Å². The molecule has 0 bridgehead atoms. The third-order valence-corrected chi connectivity index (χ3v) is 2.58. The van der Waals surface area contributed by atoms with E-state index in [0.29, 0.717) is 11.6 Å². The van der Waals surface area contributed by atoms with E-state index >= 15 is 0 Å². The smallest absolute Gasteiger partial charge is 0.0662 e. The third-order valence-electron chi connectivity index (χ3n) is 2.35. The fourth-order valence-corrected chi connectivity index (χ4v) is 1.79. The lowest BCUT2D eigenvalue weighted by atomic mass is 10.0. The van der Waals surface area contributed by atoms with Gasteiger partial charge < -0.3 is 15.8 Å². The largest absolute Gasteiger partial charge is 0.398 e. The molecule has 4 heteroatoms. The number of nitrogen functional groups attached to an aromatic ring is 1. The molecule has 3 nitrogen and oxygen atoms in total. The van der Waals surface area contributed by atoms with Crippen LogP contribution in [0, 0.1) is 0 Å². The average Bonchev–Trinajstić information content (AvgIpc) is 2.23. The minimum atomic E-state index is 0.169. The van der Waals surface area contributed by atoms with Crippen LogP contribution >= 0.6 is 11.6 Å². The number of rotatable bonds is 1. The van der Waals surface area contributed by atoms with Crippen LogP contribution in [0.25, 0.3) is 0 Å². The summed E-state index contributed by atoms with van der Waals surface area (Å²) in [4.78, 5) is 0. The van der Waals surface area contributed by atoms with Crippen molar-refractivity contribution in [3.05, 3.63) is 28.8 Å². The van der Waals surface area contributed by atoms with Crippen molar-refractivity contribution < 1.29 is 4.74 Å². The molecule has 2 rings (SSSR count). The zero-order valence-corrected chi connectivity index (χ0v) is 8.55. The van der Waals surface area contributed by atoms with E-state index in [1.165, 1.54) is 0 Å². The predicted octanol–water partition coefficient (Wildman–Crippen LogP) is 1.58. The average molecular weight is 213 g/mol. The predicted molar refractivity (Wildman–Crippen MR) is 57.4 cm³/mol. The Morgan fingerprint density at radius 3 is 3.07 bits per heavy atom. The van der Waals surface area contributed by atoms with Crippen molar-refractivity contribution in [2.45, 2.75) is 6.04 Å². The Morgan fingerprint density at radius 2 is 2.36 bits per heavy atom. The molecular weight excluding hydrogens is 200 g/mol. The first-order valence-corrected chi connectivity index (χ1v) is 5.01. The summed E-state index contributed by atoms with van der Waals surface area (Å²) in [5.74, 6) is 0. The summed E-state index contributed by atoms with van der Waals surface area (Å²) in [7, 11) is 0. The van der Waals surface area contributed by atoms with Crippen molar-refractivity contribution in [1.82, 2.24) is 5.32 Å². The van der Waals surface area contributed by atoms with Crippen LogP contribution in [0.1, 0.15) is 11.6 Å². The molecule has 0 aliphatic carbocycles. The monoisotopic (exact) mass is 212 g/mol. The molecule has 1 aliphatic heterocycles. The number of morpholine rings is 1. The lowest BCUT2D eigenvalue weighted by Gasteiger charge is -2.25. The molecule has 1 saturated heterocycles. The van der Waals surface area contributed by atoms with Crippen LogP contribution in [0.15, 0.2) is 18.2 Å². The van der Waals surface area contributed by atoms with Crippen molar-refractivity contribution in [2.75, 3.05) is 25.5 Å². The maximum Gasteiger partial charge on any atom is 0.0662 e. The molecule has 0 radical (unpaired) electrons. The van der Waals surface area contributed by atoms with Gasteiger partial charge in [0, 0.05) is 17.3 Å². The molecule has 0 aromatic heterocycles. The van der Waals surface area contributed by atoms with Crippen molar-refractivity contribution in [1.29, 1.82) is 0 Å². The summed E-state index contributed by atoms with van der Waals surface area (Å²) in [5, 5.41) is 4.05. The second-order valence-electron chi connectivity index (χ2n) is 3.35. The molecular formula is C10H13ClN2O. The Hall–Kier alpha value is -0.770. The third kappa shape index (κ3) is 2.00. The maximum atomic E-state index is 5.91. The highest BCUT2D eigenvalue weighted by atomic mass is 35.5. The Bertz CT molecular complexity index is 324. The molecule has 1 aliphatic rings. The summed E-state index contributed by atoms with van der Waals surface area (Å²) in [6.07, 6.45) is 0. The summed E-state index contributed by atoms with van der Waals surface area (Å²) in [6, 6.07) is 5.68. The van der Waals surface area contributed by atoms with Crippen molar-refractivity contribution in [3.63, 3.8) is 0 Å². The van der Waals surface area contributed by atoms with Crippen LogP contribution in [0.2, 0.25) is 5.02 Å². The van der Waals surface area contributed by atoms with Gasteiger partial charge in [-0.15, -0.1) is 0 Å². The Morgan fingerprint density at radius 1 is 1.50 bits per heavy atom. The van der Waals surface area contributed by atoms with E-state index in [1.807, 2.05) is 12.1 Å². The number of halogens is 1. The van der Waals surface area contributed by atoms with Gasteiger partial charge in [0.2, 0.25) is 0 Å². The molecule has 1 aromatic carbocycles.